The van der Waals surface area contributed by atoms with Gasteiger partial charge in [-0.05, 0) is 37.5 Å². The normalized spacial score (nSPS) is 25.0. The maximum Gasteiger partial charge on any atom is 0.240 e. The van der Waals surface area contributed by atoms with Crippen molar-refractivity contribution in [3.05, 3.63) is 0 Å². The Kier molecular flexibility index (Phi) is 6.50. The topological polar surface area (TPSA) is 43.9 Å². The van der Waals surface area contributed by atoms with Crippen LogP contribution in [0.5, 0.6) is 0 Å². The van der Waals surface area contributed by atoms with Crippen LogP contribution in [0.2, 0.25) is 0 Å². The maximum absolute atomic E-state index is 13.5. The van der Waals surface area contributed by atoms with Crippen molar-refractivity contribution in [3.63, 3.8) is 0 Å². The SMILES string of the molecule is CC1CCN(C(=O)[C@H](C2CCCC2)N2CCN(C(=O)C(C)(C)C)CC2)CC1. The van der Waals surface area contributed by atoms with Crippen molar-refractivity contribution in [1.29, 1.82) is 0 Å². The van der Waals surface area contributed by atoms with E-state index in [9.17, 15) is 9.59 Å². The van der Waals surface area contributed by atoms with Crippen LogP contribution in [0.3, 0.4) is 0 Å². The van der Waals surface area contributed by atoms with Crippen molar-refractivity contribution in [2.24, 2.45) is 17.3 Å². The summed E-state index contributed by atoms with van der Waals surface area (Å²) in [5, 5.41) is 0. The summed E-state index contributed by atoms with van der Waals surface area (Å²) in [5.74, 6) is 1.84. The number of hydrogen-bond donors (Lipinski definition) is 0. The molecular formula is C22H39N3O2. The van der Waals surface area contributed by atoms with Gasteiger partial charge in [-0.25, -0.2) is 0 Å². The Bertz CT molecular complexity index is 520. The number of piperazine rings is 1. The van der Waals surface area contributed by atoms with Gasteiger partial charge in [-0.2, -0.15) is 0 Å². The zero-order valence-electron chi connectivity index (χ0n) is 17.9. The molecule has 1 atom stereocenters. The summed E-state index contributed by atoms with van der Waals surface area (Å²) in [7, 11) is 0. The van der Waals surface area contributed by atoms with Crippen molar-refractivity contribution >= 4 is 11.8 Å². The molecule has 3 aliphatic rings. The van der Waals surface area contributed by atoms with Crippen molar-refractivity contribution in [2.75, 3.05) is 39.3 Å². The van der Waals surface area contributed by atoms with E-state index in [1.807, 2.05) is 25.7 Å². The fourth-order valence-corrected chi connectivity index (χ4v) is 5.02. The van der Waals surface area contributed by atoms with Crippen LogP contribution in [0.15, 0.2) is 0 Å². The van der Waals surface area contributed by atoms with Gasteiger partial charge in [0.15, 0.2) is 0 Å². The van der Waals surface area contributed by atoms with Gasteiger partial charge in [0.25, 0.3) is 0 Å². The van der Waals surface area contributed by atoms with Crippen molar-refractivity contribution in [2.45, 2.75) is 72.3 Å². The molecule has 154 valence electrons. The first kappa shape index (κ1) is 20.6. The molecule has 0 bridgehead atoms. The highest BCUT2D eigenvalue weighted by Crippen LogP contribution is 2.33. The third kappa shape index (κ3) is 4.85. The van der Waals surface area contributed by atoms with Crippen molar-refractivity contribution in [3.8, 4) is 0 Å². The molecule has 5 heteroatoms. The second kappa shape index (κ2) is 8.50. The summed E-state index contributed by atoms with van der Waals surface area (Å²) < 4.78 is 0. The highest BCUT2D eigenvalue weighted by atomic mass is 16.2. The van der Waals surface area contributed by atoms with Crippen molar-refractivity contribution in [1.82, 2.24) is 14.7 Å². The lowest BCUT2D eigenvalue weighted by Crippen LogP contribution is -2.59. The van der Waals surface area contributed by atoms with E-state index in [4.69, 9.17) is 0 Å². The molecular weight excluding hydrogens is 338 g/mol. The largest absolute Gasteiger partial charge is 0.341 e. The number of piperidine rings is 1. The summed E-state index contributed by atoms with van der Waals surface area (Å²) in [5.41, 5.74) is -0.326. The third-order valence-electron chi connectivity index (χ3n) is 6.83. The van der Waals surface area contributed by atoms with Gasteiger partial charge in [0, 0.05) is 44.7 Å². The molecule has 0 radical (unpaired) electrons. The Morgan fingerprint density at radius 3 is 1.89 bits per heavy atom. The smallest absolute Gasteiger partial charge is 0.240 e. The lowest BCUT2D eigenvalue weighted by Gasteiger charge is -2.44. The molecule has 1 saturated carbocycles. The standard InChI is InChI=1S/C22H39N3O2/c1-17-9-11-24(12-10-17)20(26)19(18-7-5-6-8-18)23-13-15-25(16-14-23)21(27)22(2,3)4/h17-19H,5-16H2,1-4H3/t19-/m0/s1. The van der Waals surface area contributed by atoms with E-state index in [0.29, 0.717) is 11.8 Å². The summed E-state index contributed by atoms with van der Waals surface area (Å²) in [6, 6.07) is 0.0350. The van der Waals surface area contributed by atoms with E-state index < -0.39 is 0 Å². The molecule has 2 heterocycles. The molecule has 0 N–H and O–H groups in total. The highest BCUT2D eigenvalue weighted by Gasteiger charge is 2.40. The molecule has 0 spiro atoms. The van der Waals surface area contributed by atoms with E-state index in [1.165, 1.54) is 25.7 Å². The first-order valence-electron chi connectivity index (χ1n) is 11.1. The molecule has 2 amide bonds. The van der Waals surface area contributed by atoms with Crippen LogP contribution >= 0.6 is 0 Å². The molecule has 5 nitrogen and oxygen atoms in total. The maximum atomic E-state index is 13.5. The summed E-state index contributed by atoms with van der Waals surface area (Å²) >= 11 is 0. The van der Waals surface area contributed by atoms with Crippen LogP contribution < -0.4 is 0 Å². The van der Waals surface area contributed by atoms with Gasteiger partial charge in [0.05, 0.1) is 6.04 Å². The van der Waals surface area contributed by atoms with Gasteiger partial charge in [-0.3, -0.25) is 14.5 Å². The first-order valence-corrected chi connectivity index (χ1v) is 11.1. The van der Waals surface area contributed by atoms with Crippen LogP contribution in [-0.4, -0.2) is 71.8 Å². The van der Waals surface area contributed by atoms with E-state index in [0.717, 1.165) is 58.0 Å². The highest BCUT2D eigenvalue weighted by molar-refractivity contribution is 5.83. The average molecular weight is 378 g/mol. The molecule has 3 rings (SSSR count). The molecule has 0 aromatic carbocycles. The molecule has 0 aromatic heterocycles. The molecule has 0 unspecified atom stereocenters. The fourth-order valence-electron chi connectivity index (χ4n) is 5.02. The minimum atomic E-state index is -0.326. The Hall–Kier alpha value is -1.10. The molecule has 2 aliphatic heterocycles. The number of rotatable bonds is 3. The Morgan fingerprint density at radius 2 is 1.37 bits per heavy atom. The Morgan fingerprint density at radius 1 is 0.815 bits per heavy atom. The number of carbonyl (C=O) groups excluding carboxylic acids is 2. The molecule has 2 saturated heterocycles. The van der Waals surface area contributed by atoms with E-state index in [-0.39, 0.29) is 17.4 Å². The van der Waals surface area contributed by atoms with Gasteiger partial charge < -0.3 is 9.80 Å². The number of likely N-dealkylation sites (tertiary alicyclic amines) is 1. The van der Waals surface area contributed by atoms with Gasteiger partial charge in [0.2, 0.25) is 11.8 Å². The minimum Gasteiger partial charge on any atom is -0.341 e. The van der Waals surface area contributed by atoms with Gasteiger partial charge in [-0.1, -0.05) is 40.5 Å². The number of nitrogens with zero attached hydrogens (tertiary/aromatic N) is 3. The third-order valence-corrected chi connectivity index (χ3v) is 6.83. The number of amides is 2. The zero-order chi connectivity index (χ0) is 19.6. The molecule has 1 aliphatic carbocycles. The number of hydrogen-bond acceptors (Lipinski definition) is 3. The van der Waals surface area contributed by atoms with Crippen LogP contribution in [0.25, 0.3) is 0 Å². The quantitative estimate of drug-likeness (QED) is 0.759. The Labute approximate surface area is 165 Å². The average Bonchev–Trinajstić information content (AvgIpc) is 3.16. The predicted octanol–water partition coefficient (Wildman–Crippen LogP) is 2.99. The van der Waals surface area contributed by atoms with E-state index in [2.05, 4.69) is 16.7 Å². The van der Waals surface area contributed by atoms with Crippen LogP contribution in [0.4, 0.5) is 0 Å². The summed E-state index contributed by atoms with van der Waals surface area (Å²) in [4.78, 5) is 32.6. The fraction of sp³-hybridized carbons (Fsp3) is 0.909. The van der Waals surface area contributed by atoms with E-state index >= 15 is 0 Å². The van der Waals surface area contributed by atoms with Crippen LogP contribution in [-0.2, 0) is 9.59 Å². The monoisotopic (exact) mass is 377 g/mol. The number of carbonyl (C=O) groups is 2. The first-order chi connectivity index (χ1) is 12.8. The zero-order valence-corrected chi connectivity index (χ0v) is 17.9. The lowest BCUT2D eigenvalue weighted by molar-refractivity contribution is -0.145. The van der Waals surface area contributed by atoms with Gasteiger partial charge >= 0.3 is 0 Å². The van der Waals surface area contributed by atoms with Crippen LogP contribution in [0, 0.1) is 17.3 Å². The second-order valence-electron chi connectivity index (χ2n) is 10.1. The van der Waals surface area contributed by atoms with E-state index in [1.54, 1.807) is 0 Å². The minimum absolute atomic E-state index is 0.0350. The summed E-state index contributed by atoms with van der Waals surface area (Å²) in [6.45, 7) is 13.3. The van der Waals surface area contributed by atoms with Gasteiger partial charge in [0.1, 0.15) is 0 Å². The van der Waals surface area contributed by atoms with Crippen LogP contribution in [0.1, 0.15) is 66.2 Å². The van der Waals surface area contributed by atoms with Crippen molar-refractivity contribution < 1.29 is 9.59 Å². The van der Waals surface area contributed by atoms with Gasteiger partial charge in [-0.15, -0.1) is 0 Å². The molecule has 3 fully saturated rings. The predicted molar refractivity (Wildman–Crippen MR) is 108 cm³/mol. The summed E-state index contributed by atoms with van der Waals surface area (Å²) in [6.07, 6.45) is 7.15. The Balaban J connectivity index is 1.66. The molecule has 27 heavy (non-hydrogen) atoms. The second-order valence-corrected chi connectivity index (χ2v) is 10.1. The lowest BCUT2D eigenvalue weighted by atomic mass is 9.91. The molecule has 0 aromatic rings.